The predicted octanol–water partition coefficient (Wildman–Crippen LogP) is 1.23. The first-order chi connectivity index (χ1) is 10.9. The van der Waals surface area contributed by atoms with Gasteiger partial charge in [-0.25, -0.2) is 4.79 Å². The van der Waals surface area contributed by atoms with E-state index in [1.54, 1.807) is 6.07 Å². The molecule has 1 aliphatic heterocycles. The first kappa shape index (κ1) is 17.2. The zero-order valence-electron chi connectivity index (χ0n) is 12.1. The molecule has 8 heteroatoms. The van der Waals surface area contributed by atoms with Crippen LogP contribution in [0, 0.1) is 14.9 Å². The number of carbonyl (C=O) groups excluding carboxylic acids is 2. The standard InChI is InChI=1S/C15H14IN3O4/c16-11-5-9(4-10(6-11)15(22)23)14(21)18-8-13(20)19-3-1-2-12(19)7-17/h4-6,12H,1-3,8H2,(H,18,21)(H,22,23)/t12-/m0/s1. The van der Waals surface area contributed by atoms with Crippen molar-refractivity contribution >= 4 is 40.4 Å². The lowest BCUT2D eigenvalue weighted by atomic mass is 10.1. The fourth-order valence-corrected chi connectivity index (χ4v) is 3.07. The molecule has 2 amide bonds. The molecule has 1 aromatic rings. The van der Waals surface area contributed by atoms with Gasteiger partial charge in [0.25, 0.3) is 5.91 Å². The molecule has 1 fully saturated rings. The SMILES string of the molecule is N#C[C@@H]1CCCN1C(=O)CNC(=O)c1cc(I)cc(C(=O)O)c1. The van der Waals surface area contributed by atoms with Crippen molar-refractivity contribution in [1.82, 2.24) is 10.2 Å². The number of likely N-dealkylation sites (tertiary alicyclic amines) is 1. The van der Waals surface area contributed by atoms with Gasteiger partial charge in [-0.2, -0.15) is 5.26 Å². The second-order valence-electron chi connectivity index (χ2n) is 5.09. The summed E-state index contributed by atoms with van der Waals surface area (Å²) in [6.45, 7) is 0.296. The minimum Gasteiger partial charge on any atom is -0.478 e. The third kappa shape index (κ3) is 4.19. The summed E-state index contributed by atoms with van der Waals surface area (Å²) in [6, 6.07) is 5.89. The molecule has 7 nitrogen and oxygen atoms in total. The third-order valence-electron chi connectivity index (χ3n) is 3.53. The van der Waals surface area contributed by atoms with Crippen LogP contribution in [0.25, 0.3) is 0 Å². The van der Waals surface area contributed by atoms with E-state index >= 15 is 0 Å². The summed E-state index contributed by atoms with van der Waals surface area (Å²) < 4.78 is 0.614. The highest BCUT2D eigenvalue weighted by molar-refractivity contribution is 14.1. The number of benzene rings is 1. The van der Waals surface area contributed by atoms with E-state index in [0.29, 0.717) is 16.5 Å². The summed E-state index contributed by atoms with van der Waals surface area (Å²) >= 11 is 1.92. The van der Waals surface area contributed by atoms with Crippen molar-refractivity contribution in [2.24, 2.45) is 0 Å². The van der Waals surface area contributed by atoms with Crippen LogP contribution in [0.1, 0.15) is 33.6 Å². The first-order valence-electron chi connectivity index (χ1n) is 6.93. The summed E-state index contributed by atoms with van der Waals surface area (Å²) in [4.78, 5) is 36.6. The zero-order chi connectivity index (χ0) is 17.0. The number of hydrogen-bond donors (Lipinski definition) is 2. The van der Waals surface area contributed by atoms with Crippen molar-refractivity contribution in [3.63, 3.8) is 0 Å². The van der Waals surface area contributed by atoms with Gasteiger partial charge in [0.1, 0.15) is 6.04 Å². The monoisotopic (exact) mass is 427 g/mol. The number of carboxylic acid groups (broad SMARTS) is 1. The zero-order valence-corrected chi connectivity index (χ0v) is 14.2. The number of nitriles is 1. The molecule has 1 saturated heterocycles. The van der Waals surface area contributed by atoms with E-state index < -0.39 is 17.9 Å². The van der Waals surface area contributed by atoms with Crippen LogP contribution in [0.15, 0.2) is 18.2 Å². The molecule has 1 atom stereocenters. The molecule has 2 N–H and O–H groups in total. The Hall–Kier alpha value is -2.15. The number of amides is 2. The fraction of sp³-hybridized carbons (Fsp3) is 0.333. The van der Waals surface area contributed by atoms with Crippen LogP contribution >= 0.6 is 22.6 Å². The molecule has 0 bridgehead atoms. The van der Waals surface area contributed by atoms with E-state index in [0.717, 1.165) is 6.42 Å². The van der Waals surface area contributed by atoms with E-state index in [9.17, 15) is 14.4 Å². The lowest BCUT2D eigenvalue weighted by molar-refractivity contribution is -0.130. The minimum atomic E-state index is -1.12. The lowest BCUT2D eigenvalue weighted by Crippen LogP contribution is -2.42. The lowest BCUT2D eigenvalue weighted by Gasteiger charge is -2.19. The Labute approximate surface area is 146 Å². The summed E-state index contributed by atoms with van der Waals surface area (Å²) in [7, 11) is 0. The summed E-state index contributed by atoms with van der Waals surface area (Å²) in [5.74, 6) is -1.96. The molecule has 2 rings (SSSR count). The number of carboxylic acids is 1. The van der Waals surface area contributed by atoms with Crippen LogP contribution in [0.4, 0.5) is 0 Å². The van der Waals surface area contributed by atoms with Gasteiger partial charge in [0.05, 0.1) is 18.2 Å². The number of aromatic carboxylic acids is 1. The molecule has 0 aromatic heterocycles. The van der Waals surface area contributed by atoms with E-state index in [-0.39, 0.29) is 23.6 Å². The molecular formula is C15H14IN3O4. The van der Waals surface area contributed by atoms with E-state index in [2.05, 4.69) is 11.4 Å². The van der Waals surface area contributed by atoms with Gasteiger partial charge < -0.3 is 15.3 Å². The molecule has 0 aliphatic carbocycles. The summed E-state index contributed by atoms with van der Waals surface area (Å²) in [5.41, 5.74) is 0.192. The van der Waals surface area contributed by atoms with E-state index in [4.69, 9.17) is 10.4 Å². The fourth-order valence-electron chi connectivity index (χ4n) is 2.40. The molecule has 0 spiro atoms. The van der Waals surface area contributed by atoms with Gasteiger partial charge >= 0.3 is 5.97 Å². The number of nitrogens with one attached hydrogen (secondary N) is 1. The average Bonchev–Trinajstić information content (AvgIpc) is 3.00. The quantitative estimate of drug-likeness (QED) is 0.703. The normalized spacial score (nSPS) is 16.7. The summed E-state index contributed by atoms with van der Waals surface area (Å²) in [6.07, 6.45) is 1.42. The molecule has 120 valence electrons. The van der Waals surface area contributed by atoms with Gasteiger partial charge in [0.2, 0.25) is 5.91 Å². The molecule has 0 radical (unpaired) electrons. The van der Waals surface area contributed by atoms with Crippen LogP contribution in [0.3, 0.4) is 0 Å². The van der Waals surface area contributed by atoms with Gasteiger partial charge in [-0.3, -0.25) is 9.59 Å². The number of halogens is 1. The Bertz CT molecular complexity index is 698. The molecule has 0 unspecified atom stereocenters. The van der Waals surface area contributed by atoms with Crippen LogP contribution < -0.4 is 5.32 Å². The van der Waals surface area contributed by atoms with Gasteiger partial charge in [-0.15, -0.1) is 0 Å². The van der Waals surface area contributed by atoms with Crippen molar-refractivity contribution in [1.29, 1.82) is 5.26 Å². The predicted molar refractivity (Wildman–Crippen MR) is 88.8 cm³/mol. The van der Waals surface area contributed by atoms with Gasteiger partial charge in [0.15, 0.2) is 0 Å². The Morgan fingerprint density at radius 1 is 1.35 bits per heavy atom. The van der Waals surface area contributed by atoms with Crippen molar-refractivity contribution in [3.05, 3.63) is 32.9 Å². The minimum absolute atomic E-state index is 0.0115. The second-order valence-corrected chi connectivity index (χ2v) is 6.34. The Morgan fingerprint density at radius 3 is 2.70 bits per heavy atom. The van der Waals surface area contributed by atoms with Gasteiger partial charge in [-0.1, -0.05) is 0 Å². The number of hydrogen-bond acceptors (Lipinski definition) is 4. The average molecular weight is 427 g/mol. The largest absolute Gasteiger partial charge is 0.478 e. The molecule has 1 heterocycles. The molecular weight excluding hydrogens is 413 g/mol. The van der Waals surface area contributed by atoms with Crippen molar-refractivity contribution in [2.45, 2.75) is 18.9 Å². The first-order valence-corrected chi connectivity index (χ1v) is 8.01. The Morgan fingerprint density at radius 2 is 2.04 bits per heavy atom. The van der Waals surface area contributed by atoms with E-state index in [1.165, 1.54) is 17.0 Å². The molecule has 23 heavy (non-hydrogen) atoms. The van der Waals surface area contributed by atoms with Crippen LogP contribution in [0.2, 0.25) is 0 Å². The van der Waals surface area contributed by atoms with Crippen LogP contribution in [0.5, 0.6) is 0 Å². The highest BCUT2D eigenvalue weighted by atomic mass is 127. The van der Waals surface area contributed by atoms with Crippen molar-refractivity contribution < 1.29 is 19.5 Å². The van der Waals surface area contributed by atoms with Crippen LogP contribution in [-0.2, 0) is 4.79 Å². The maximum Gasteiger partial charge on any atom is 0.335 e. The summed E-state index contributed by atoms with van der Waals surface area (Å²) in [5, 5.41) is 20.5. The highest BCUT2D eigenvalue weighted by Gasteiger charge is 2.28. The topological polar surface area (TPSA) is 111 Å². The number of carbonyl (C=O) groups is 3. The third-order valence-corrected chi connectivity index (χ3v) is 4.15. The maximum atomic E-state index is 12.1. The van der Waals surface area contributed by atoms with Crippen molar-refractivity contribution in [2.75, 3.05) is 13.1 Å². The molecule has 0 saturated carbocycles. The Kier molecular flexibility index (Phi) is 5.54. The van der Waals surface area contributed by atoms with Crippen LogP contribution in [-0.4, -0.2) is 46.9 Å². The van der Waals surface area contributed by atoms with Gasteiger partial charge in [0, 0.05) is 15.7 Å². The van der Waals surface area contributed by atoms with Crippen molar-refractivity contribution in [3.8, 4) is 6.07 Å². The van der Waals surface area contributed by atoms with E-state index in [1.807, 2.05) is 22.6 Å². The molecule has 1 aliphatic rings. The second kappa shape index (κ2) is 7.41. The van der Waals surface area contributed by atoms with Gasteiger partial charge in [-0.05, 0) is 53.6 Å². The smallest absolute Gasteiger partial charge is 0.335 e. The number of nitrogens with zero attached hydrogens (tertiary/aromatic N) is 2. The highest BCUT2D eigenvalue weighted by Crippen LogP contribution is 2.16. The maximum absolute atomic E-state index is 12.1. The Balaban J connectivity index is 2.01. The number of rotatable bonds is 4. The molecule has 1 aromatic carbocycles.